The van der Waals surface area contributed by atoms with Crippen molar-refractivity contribution in [2.24, 2.45) is 5.10 Å². The zero-order valence-corrected chi connectivity index (χ0v) is 14.4. The monoisotopic (exact) mass is 328 g/mol. The number of rotatable bonds is 9. The zero-order chi connectivity index (χ0) is 17.2. The van der Waals surface area contributed by atoms with Crippen LogP contribution in [0, 0.1) is 0 Å². The van der Waals surface area contributed by atoms with E-state index >= 15 is 0 Å². The summed E-state index contributed by atoms with van der Waals surface area (Å²) in [6.45, 7) is 3.43. The molecule has 0 amide bonds. The molecule has 0 atom stereocenters. The molecule has 0 radical (unpaired) electrons. The number of hydrazone groups is 1. The highest BCUT2D eigenvalue weighted by molar-refractivity contribution is 5.79. The maximum Gasteiger partial charge on any atom is 0.161 e. The highest BCUT2D eigenvalue weighted by atomic mass is 16.5. The Balaban J connectivity index is 1.86. The van der Waals surface area contributed by atoms with Crippen molar-refractivity contribution in [1.29, 1.82) is 0 Å². The second-order valence-corrected chi connectivity index (χ2v) is 5.20. The van der Waals surface area contributed by atoms with Crippen LogP contribution in [0.2, 0.25) is 0 Å². The summed E-state index contributed by atoms with van der Waals surface area (Å²) < 4.78 is 16.1. The standard InChI is InChI=1S/C19H24N2O3/c1-4-11-24-17-8-5-15(6-9-17)13-20-21-14-16-7-10-18(22-2)19(12-16)23-3/h5-10,12-13,21H,4,11,14H2,1-3H3/b20-13-. The lowest BCUT2D eigenvalue weighted by Gasteiger charge is -2.09. The molecule has 0 saturated carbocycles. The first-order valence-corrected chi connectivity index (χ1v) is 7.96. The molecular formula is C19H24N2O3. The van der Waals surface area contributed by atoms with Crippen LogP contribution < -0.4 is 19.6 Å². The summed E-state index contributed by atoms with van der Waals surface area (Å²) in [4.78, 5) is 0. The van der Waals surface area contributed by atoms with Crippen LogP contribution in [0.15, 0.2) is 47.6 Å². The minimum atomic E-state index is 0.606. The first kappa shape index (κ1) is 17.7. The van der Waals surface area contributed by atoms with E-state index in [0.29, 0.717) is 12.3 Å². The van der Waals surface area contributed by atoms with Crippen LogP contribution in [0.4, 0.5) is 0 Å². The molecular weight excluding hydrogens is 304 g/mol. The number of benzene rings is 2. The third-order valence-electron chi connectivity index (χ3n) is 3.39. The molecule has 0 aliphatic rings. The van der Waals surface area contributed by atoms with Crippen molar-refractivity contribution >= 4 is 6.21 Å². The Bertz CT molecular complexity index is 654. The molecule has 0 heterocycles. The minimum Gasteiger partial charge on any atom is -0.494 e. The number of ether oxygens (including phenoxy) is 3. The Labute approximate surface area is 143 Å². The van der Waals surface area contributed by atoms with Crippen molar-refractivity contribution in [2.45, 2.75) is 19.9 Å². The van der Waals surface area contributed by atoms with Gasteiger partial charge in [-0.1, -0.05) is 13.0 Å². The Hall–Kier alpha value is -2.69. The Morgan fingerprint density at radius 2 is 1.75 bits per heavy atom. The Morgan fingerprint density at radius 1 is 1.00 bits per heavy atom. The predicted molar refractivity (Wildman–Crippen MR) is 96.2 cm³/mol. The molecule has 0 unspecified atom stereocenters. The molecule has 0 aliphatic heterocycles. The van der Waals surface area contributed by atoms with Crippen LogP contribution in [0.3, 0.4) is 0 Å². The fourth-order valence-electron chi connectivity index (χ4n) is 2.12. The van der Waals surface area contributed by atoms with Crippen molar-refractivity contribution in [3.63, 3.8) is 0 Å². The molecule has 0 spiro atoms. The number of hydrogen-bond donors (Lipinski definition) is 1. The summed E-state index contributed by atoms with van der Waals surface area (Å²) in [5, 5.41) is 4.24. The average molecular weight is 328 g/mol. The Kier molecular flexibility index (Phi) is 6.95. The van der Waals surface area contributed by atoms with Gasteiger partial charge in [-0.3, -0.25) is 0 Å². The van der Waals surface area contributed by atoms with Gasteiger partial charge in [0.25, 0.3) is 0 Å². The maximum atomic E-state index is 5.55. The summed E-state index contributed by atoms with van der Waals surface area (Å²) in [7, 11) is 3.25. The number of nitrogens with zero attached hydrogens (tertiary/aromatic N) is 1. The van der Waals surface area contributed by atoms with Crippen molar-refractivity contribution < 1.29 is 14.2 Å². The van der Waals surface area contributed by atoms with Gasteiger partial charge < -0.3 is 19.6 Å². The van der Waals surface area contributed by atoms with E-state index in [2.05, 4.69) is 17.5 Å². The summed E-state index contributed by atoms with van der Waals surface area (Å²) >= 11 is 0. The topological polar surface area (TPSA) is 52.1 Å². The van der Waals surface area contributed by atoms with E-state index in [1.807, 2.05) is 42.5 Å². The molecule has 24 heavy (non-hydrogen) atoms. The van der Waals surface area contributed by atoms with Gasteiger partial charge in [-0.25, -0.2) is 0 Å². The van der Waals surface area contributed by atoms with Crippen molar-refractivity contribution in [3.8, 4) is 17.2 Å². The molecule has 2 aromatic carbocycles. The van der Waals surface area contributed by atoms with E-state index in [4.69, 9.17) is 14.2 Å². The lowest BCUT2D eigenvalue weighted by atomic mass is 10.2. The molecule has 2 rings (SSSR count). The molecule has 0 saturated heterocycles. The molecule has 128 valence electrons. The highest BCUT2D eigenvalue weighted by Crippen LogP contribution is 2.27. The third kappa shape index (κ3) is 5.19. The van der Waals surface area contributed by atoms with Crippen LogP contribution in [0.1, 0.15) is 24.5 Å². The fourth-order valence-corrected chi connectivity index (χ4v) is 2.12. The third-order valence-corrected chi connectivity index (χ3v) is 3.39. The van der Waals surface area contributed by atoms with Gasteiger partial charge in [0.05, 0.1) is 33.6 Å². The van der Waals surface area contributed by atoms with Crippen LogP contribution >= 0.6 is 0 Å². The average Bonchev–Trinajstić information content (AvgIpc) is 2.64. The number of methoxy groups -OCH3 is 2. The van der Waals surface area contributed by atoms with E-state index in [1.54, 1.807) is 20.4 Å². The SMILES string of the molecule is CCCOc1ccc(/C=N\NCc2ccc(OC)c(OC)c2)cc1. The van der Waals surface area contributed by atoms with Gasteiger partial charge >= 0.3 is 0 Å². The second-order valence-electron chi connectivity index (χ2n) is 5.20. The fraction of sp³-hybridized carbons (Fsp3) is 0.316. The molecule has 2 aromatic rings. The first-order chi connectivity index (χ1) is 11.8. The van der Waals surface area contributed by atoms with Gasteiger partial charge in [-0.2, -0.15) is 5.10 Å². The second kappa shape index (κ2) is 9.45. The van der Waals surface area contributed by atoms with Gasteiger partial charge in [0.15, 0.2) is 11.5 Å². The van der Waals surface area contributed by atoms with Crippen LogP contribution in [-0.4, -0.2) is 27.0 Å². The van der Waals surface area contributed by atoms with Gasteiger partial charge in [0.1, 0.15) is 5.75 Å². The molecule has 5 heteroatoms. The summed E-state index contributed by atoms with van der Waals surface area (Å²) in [6, 6.07) is 13.6. The van der Waals surface area contributed by atoms with E-state index in [9.17, 15) is 0 Å². The molecule has 5 nitrogen and oxygen atoms in total. The molecule has 0 fully saturated rings. The van der Waals surface area contributed by atoms with Gasteiger partial charge in [0, 0.05) is 0 Å². The number of nitrogens with one attached hydrogen (secondary N) is 1. The largest absolute Gasteiger partial charge is 0.494 e. The molecule has 1 N–H and O–H groups in total. The van der Waals surface area contributed by atoms with Gasteiger partial charge in [-0.15, -0.1) is 0 Å². The lowest BCUT2D eigenvalue weighted by molar-refractivity contribution is 0.317. The van der Waals surface area contributed by atoms with Crippen molar-refractivity contribution in [1.82, 2.24) is 5.43 Å². The van der Waals surface area contributed by atoms with Crippen LogP contribution in [-0.2, 0) is 6.54 Å². The van der Waals surface area contributed by atoms with E-state index in [0.717, 1.165) is 35.7 Å². The van der Waals surface area contributed by atoms with Gasteiger partial charge in [0.2, 0.25) is 0 Å². The first-order valence-electron chi connectivity index (χ1n) is 7.96. The maximum absolute atomic E-state index is 5.55. The smallest absolute Gasteiger partial charge is 0.161 e. The van der Waals surface area contributed by atoms with Crippen LogP contribution in [0.25, 0.3) is 0 Å². The predicted octanol–water partition coefficient (Wildman–Crippen LogP) is 3.62. The highest BCUT2D eigenvalue weighted by Gasteiger charge is 2.03. The van der Waals surface area contributed by atoms with Crippen molar-refractivity contribution in [2.75, 3.05) is 20.8 Å². The van der Waals surface area contributed by atoms with Crippen molar-refractivity contribution in [3.05, 3.63) is 53.6 Å². The molecule has 0 aliphatic carbocycles. The molecule has 0 aromatic heterocycles. The lowest BCUT2D eigenvalue weighted by Crippen LogP contribution is -2.06. The van der Waals surface area contributed by atoms with E-state index < -0.39 is 0 Å². The summed E-state index contributed by atoms with van der Waals surface area (Å²) in [5.74, 6) is 2.31. The van der Waals surface area contributed by atoms with E-state index in [-0.39, 0.29) is 0 Å². The van der Waals surface area contributed by atoms with E-state index in [1.165, 1.54) is 0 Å². The molecule has 0 bridgehead atoms. The quantitative estimate of drug-likeness (QED) is 0.564. The zero-order valence-electron chi connectivity index (χ0n) is 14.4. The normalized spacial score (nSPS) is 10.6. The number of hydrogen-bond acceptors (Lipinski definition) is 5. The summed E-state index contributed by atoms with van der Waals surface area (Å²) in [6.07, 6.45) is 2.79. The summed E-state index contributed by atoms with van der Waals surface area (Å²) in [5.41, 5.74) is 5.11. The Morgan fingerprint density at radius 3 is 2.42 bits per heavy atom. The minimum absolute atomic E-state index is 0.606. The van der Waals surface area contributed by atoms with Gasteiger partial charge in [-0.05, 0) is 53.9 Å². The van der Waals surface area contributed by atoms with Crippen LogP contribution in [0.5, 0.6) is 17.2 Å².